The summed E-state index contributed by atoms with van der Waals surface area (Å²) in [6.45, 7) is 10.4. The van der Waals surface area contributed by atoms with Gasteiger partial charge in [-0.05, 0) is 53.0 Å². The predicted octanol–water partition coefficient (Wildman–Crippen LogP) is 3.11. The molecule has 0 amide bonds. The minimum absolute atomic E-state index is 0.228. The third kappa shape index (κ3) is 4.99. The molecule has 1 N–H and O–H groups in total. The van der Waals surface area contributed by atoms with Crippen molar-refractivity contribution < 1.29 is 0 Å². The lowest BCUT2D eigenvalue weighted by atomic mass is 10.0. The topological polar surface area (TPSA) is 27.6 Å². The first-order valence-corrected chi connectivity index (χ1v) is 8.75. The molecule has 0 radical (unpaired) electrons. The Morgan fingerprint density at radius 2 is 2.26 bits per heavy atom. The highest BCUT2D eigenvalue weighted by molar-refractivity contribution is 8.13. The molecule has 2 fully saturated rings. The van der Waals surface area contributed by atoms with E-state index in [2.05, 4.69) is 31.0 Å². The van der Waals surface area contributed by atoms with Crippen LogP contribution in [0.25, 0.3) is 0 Å². The van der Waals surface area contributed by atoms with E-state index in [0.29, 0.717) is 0 Å². The Hall–Kier alpha value is -0.220. The smallest absolute Gasteiger partial charge is 0.156 e. The zero-order chi connectivity index (χ0) is 13.7. The molecule has 2 rings (SSSR count). The van der Waals surface area contributed by atoms with Crippen LogP contribution in [-0.4, -0.2) is 47.0 Å². The molecule has 110 valence electrons. The molecule has 0 aromatic carbocycles. The number of aliphatic imine (C=N–C) groups is 1. The molecule has 0 spiro atoms. The molecule has 0 aliphatic carbocycles. The van der Waals surface area contributed by atoms with E-state index >= 15 is 0 Å². The molecular weight excluding hydrogens is 254 g/mol. The first-order valence-electron chi connectivity index (χ1n) is 7.76. The third-order valence-corrected chi connectivity index (χ3v) is 5.12. The van der Waals surface area contributed by atoms with Crippen LogP contribution in [0.3, 0.4) is 0 Å². The summed E-state index contributed by atoms with van der Waals surface area (Å²) in [5, 5.41) is 4.69. The highest BCUT2D eigenvalue weighted by Crippen LogP contribution is 2.21. The van der Waals surface area contributed by atoms with Gasteiger partial charge in [0.05, 0.1) is 0 Å². The fourth-order valence-corrected chi connectivity index (χ4v) is 4.16. The van der Waals surface area contributed by atoms with Gasteiger partial charge in [-0.3, -0.25) is 4.99 Å². The lowest BCUT2D eigenvalue weighted by Crippen LogP contribution is -2.46. The summed E-state index contributed by atoms with van der Waals surface area (Å²) in [4.78, 5) is 7.36. The van der Waals surface area contributed by atoms with Gasteiger partial charge in [-0.2, -0.15) is 0 Å². The Bertz CT molecular complexity index is 315. The molecule has 3 nitrogen and oxygen atoms in total. The number of nitrogens with one attached hydrogen (secondary N) is 1. The summed E-state index contributed by atoms with van der Waals surface area (Å²) in [5.41, 5.74) is 0.228. The Labute approximate surface area is 122 Å². The van der Waals surface area contributed by atoms with E-state index in [9.17, 15) is 0 Å². The van der Waals surface area contributed by atoms with Crippen LogP contribution in [-0.2, 0) is 0 Å². The van der Waals surface area contributed by atoms with Crippen LogP contribution in [0.2, 0.25) is 0 Å². The largest absolute Gasteiger partial charge is 0.360 e. The van der Waals surface area contributed by atoms with Gasteiger partial charge in [0.2, 0.25) is 0 Å². The quantitative estimate of drug-likeness (QED) is 0.803. The van der Waals surface area contributed by atoms with Gasteiger partial charge in [-0.25, -0.2) is 0 Å². The maximum Gasteiger partial charge on any atom is 0.156 e. The van der Waals surface area contributed by atoms with Crippen molar-refractivity contribution in [3.05, 3.63) is 0 Å². The summed E-state index contributed by atoms with van der Waals surface area (Å²) < 4.78 is 0. The second-order valence-electron chi connectivity index (χ2n) is 6.53. The van der Waals surface area contributed by atoms with E-state index in [1.54, 1.807) is 0 Å². The van der Waals surface area contributed by atoms with Gasteiger partial charge >= 0.3 is 0 Å². The maximum absolute atomic E-state index is 4.73. The molecule has 2 saturated heterocycles. The van der Waals surface area contributed by atoms with Crippen molar-refractivity contribution in [2.45, 2.75) is 64.5 Å². The Kier molecular flexibility index (Phi) is 5.58. The fourth-order valence-electron chi connectivity index (χ4n) is 2.82. The molecule has 1 atom stereocenters. The summed E-state index contributed by atoms with van der Waals surface area (Å²) in [6, 6.07) is 0.780. The van der Waals surface area contributed by atoms with Crippen molar-refractivity contribution in [1.29, 1.82) is 0 Å². The molecule has 0 aromatic rings. The zero-order valence-corrected chi connectivity index (χ0v) is 13.6. The van der Waals surface area contributed by atoms with E-state index in [4.69, 9.17) is 4.99 Å². The average Bonchev–Trinajstić information content (AvgIpc) is 2.35. The first kappa shape index (κ1) is 15.2. The molecular formula is C15H29N3S. The van der Waals surface area contributed by atoms with Crippen molar-refractivity contribution in [3.63, 3.8) is 0 Å². The number of piperidine rings is 1. The van der Waals surface area contributed by atoms with Crippen LogP contribution in [0.1, 0.15) is 52.9 Å². The van der Waals surface area contributed by atoms with E-state index in [1.807, 2.05) is 11.8 Å². The second kappa shape index (κ2) is 6.98. The highest BCUT2D eigenvalue weighted by Gasteiger charge is 2.24. The van der Waals surface area contributed by atoms with Gasteiger partial charge in [-0.1, -0.05) is 18.2 Å². The number of thioether (sulfide) groups is 1. The van der Waals surface area contributed by atoms with Gasteiger partial charge in [0, 0.05) is 30.4 Å². The summed E-state index contributed by atoms with van der Waals surface area (Å²) >= 11 is 1.88. The van der Waals surface area contributed by atoms with E-state index in [0.717, 1.165) is 17.8 Å². The van der Waals surface area contributed by atoms with Gasteiger partial charge < -0.3 is 10.2 Å². The molecule has 0 aromatic heterocycles. The molecule has 2 aliphatic rings. The van der Waals surface area contributed by atoms with Crippen molar-refractivity contribution in [3.8, 4) is 0 Å². The Balaban J connectivity index is 1.68. The number of nitrogens with zero attached hydrogens (tertiary/aromatic N) is 2. The Morgan fingerprint density at radius 1 is 1.42 bits per heavy atom. The lowest BCUT2D eigenvalue weighted by Gasteiger charge is -2.33. The SMILES string of the molecule is CC1CCCCN1CCCN=C1NC(C)(C)CCS1. The summed E-state index contributed by atoms with van der Waals surface area (Å²) in [7, 11) is 0. The predicted molar refractivity (Wildman–Crippen MR) is 86.1 cm³/mol. The van der Waals surface area contributed by atoms with Crippen LogP contribution >= 0.6 is 11.8 Å². The van der Waals surface area contributed by atoms with Gasteiger partial charge in [0.25, 0.3) is 0 Å². The number of hydrogen-bond donors (Lipinski definition) is 1. The fraction of sp³-hybridized carbons (Fsp3) is 0.933. The number of hydrogen-bond acceptors (Lipinski definition) is 3. The van der Waals surface area contributed by atoms with Crippen molar-refractivity contribution >= 4 is 16.9 Å². The lowest BCUT2D eigenvalue weighted by molar-refractivity contribution is 0.160. The third-order valence-electron chi connectivity index (χ3n) is 4.21. The minimum Gasteiger partial charge on any atom is -0.360 e. The zero-order valence-electron chi connectivity index (χ0n) is 12.7. The molecule has 1 unspecified atom stereocenters. The number of rotatable bonds is 4. The molecule has 4 heteroatoms. The number of likely N-dealkylation sites (tertiary alicyclic amines) is 1. The maximum atomic E-state index is 4.73. The van der Waals surface area contributed by atoms with E-state index in [-0.39, 0.29) is 5.54 Å². The monoisotopic (exact) mass is 283 g/mol. The van der Waals surface area contributed by atoms with Crippen LogP contribution in [0, 0.1) is 0 Å². The van der Waals surface area contributed by atoms with Crippen LogP contribution in [0.5, 0.6) is 0 Å². The van der Waals surface area contributed by atoms with Crippen LogP contribution in [0.4, 0.5) is 0 Å². The first-order chi connectivity index (χ1) is 9.07. The van der Waals surface area contributed by atoms with Gasteiger partial charge in [0.15, 0.2) is 5.17 Å². The number of amidine groups is 1. The Morgan fingerprint density at radius 3 is 3.00 bits per heavy atom. The summed E-state index contributed by atoms with van der Waals surface area (Å²) in [6.07, 6.45) is 6.58. The van der Waals surface area contributed by atoms with Gasteiger partial charge in [-0.15, -0.1) is 0 Å². The molecule has 2 aliphatic heterocycles. The van der Waals surface area contributed by atoms with Crippen molar-refractivity contribution in [1.82, 2.24) is 10.2 Å². The molecule has 19 heavy (non-hydrogen) atoms. The van der Waals surface area contributed by atoms with Crippen molar-refractivity contribution in [2.75, 3.05) is 25.4 Å². The van der Waals surface area contributed by atoms with Crippen LogP contribution in [0.15, 0.2) is 4.99 Å². The average molecular weight is 283 g/mol. The van der Waals surface area contributed by atoms with E-state index < -0.39 is 0 Å². The second-order valence-corrected chi connectivity index (χ2v) is 7.61. The van der Waals surface area contributed by atoms with Crippen molar-refractivity contribution in [2.24, 2.45) is 4.99 Å². The summed E-state index contributed by atoms with van der Waals surface area (Å²) in [5.74, 6) is 1.20. The highest BCUT2D eigenvalue weighted by atomic mass is 32.2. The van der Waals surface area contributed by atoms with Gasteiger partial charge in [0.1, 0.15) is 0 Å². The molecule has 2 heterocycles. The van der Waals surface area contributed by atoms with Crippen LogP contribution < -0.4 is 5.32 Å². The normalized spacial score (nSPS) is 30.3. The standard InChI is InChI=1S/C15H29N3S/c1-13-7-4-5-10-18(13)11-6-9-16-14-17-15(2,3)8-12-19-14/h13H,4-12H2,1-3H3,(H,16,17). The van der Waals surface area contributed by atoms with E-state index in [1.165, 1.54) is 50.9 Å². The minimum atomic E-state index is 0.228. The molecule has 0 bridgehead atoms. The molecule has 0 saturated carbocycles.